The Labute approximate surface area is 223 Å². The molecular weight excluding hydrogens is 478 g/mol. The number of hydrogen-bond donors (Lipinski definition) is 2. The first-order chi connectivity index (χ1) is 18.5. The number of aromatic nitrogens is 1. The molecule has 1 aliphatic rings. The zero-order valence-corrected chi connectivity index (χ0v) is 21.7. The molecule has 194 valence electrons. The number of amides is 1. The molecule has 1 aliphatic heterocycles. The van der Waals surface area contributed by atoms with Crippen LogP contribution >= 0.6 is 0 Å². The van der Waals surface area contributed by atoms with Gasteiger partial charge in [-0.1, -0.05) is 31.9 Å². The second kappa shape index (κ2) is 12.7. The van der Waals surface area contributed by atoms with E-state index >= 15 is 0 Å². The van der Waals surface area contributed by atoms with Gasteiger partial charge in [-0.15, -0.1) is 6.42 Å². The highest BCUT2D eigenvalue weighted by atomic mass is 16.5. The number of nitriles is 1. The van der Waals surface area contributed by atoms with Crippen LogP contribution in [0.25, 0.3) is 10.9 Å². The number of rotatable bonds is 10. The van der Waals surface area contributed by atoms with Gasteiger partial charge in [0.2, 0.25) is 5.91 Å². The summed E-state index contributed by atoms with van der Waals surface area (Å²) in [5, 5.41) is 16.8. The molecule has 3 aromatic rings. The van der Waals surface area contributed by atoms with Crippen LogP contribution in [0.5, 0.6) is 5.75 Å². The van der Waals surface area contributed by atoms with Gasteiger partial charge < -0.3 is 25.0 Å². The molecule has 1 fully saturated rings. The molecule has 4 rings (SSSR count). The van der Waals surface area contributed by atoms with Gasteiger partial charge in [-0.05, 0) is 37.4 Å². The second-order valence-electron chi connectivity index (χ2n) is 8.86. The van der Waals surface area contributed by atoms with Crippen LogP contribution in [0, 0.1) is 23.7 Å². The van der Waals surface area contributed by atoms with Gasteiger partial charge in [0.15, 0.2) is 0 Å². The van der Waals surface area contributed by atoms with Gasteiger partial charge in [0.25, 0.3) is 0 Å². The molecule has 1 aromatic heterocycles. The van der Waals surface area contributed by atoms with E-state index in [1.165, 1.54) is 12.3 Å². The third-order valence-electron chi connectivity index (χ3n) is 6.36. The topological polar surface area (TPSA) is 99.5 Å². The van der Waals surface area contributed by atoms with Crippen LogP contribution in [0.1, 0.15) is 31.4 Å². The van der Waals surface area contributed by atoms with Crippen molar-refractivity contribution in [3.63, 3.8) is 0 Å². The van der Waals surface area contributed by atoms with E-state index in [9.17, 15) is 10.1 Å². The third-order valence-corrected chi connectivity index (χ3v) is 6.36. The van der Waals surface area contributed by atoms with Crippen LogP contribution in [-0.2, 0) is 9.53 Å². The molecule has 1 amide bonds. The lowest BCUT2D eigenvalue weighted by Gasteiger charge is -2.18. The lowest BCUT2D eigenvalue weighted by Crippen LogP contribution is -2.23. The van der Waals surface area contributed by atoms with E-state index in [-0.39, 0.29) is 12.0 Å². The summed E-state index contributed by atoms with van der Waals surface area (Å²) in [6.07, 6.45) is 11.1. The molecule has 0 saturated carbocycles. The Balaban J connectivity index is 1.72. The van der Waals surface area contributed by atoms with Gasteiger partial charge in [-0.25, -0.2) is 0 Å². The number of nitrogens with zero attached hydrogens (tertiary/aromatic N) is 3. The summed E-state index contributed by atoms with van der Waals surface area (Å²) < 4.78 is 11.7. The molecule has 1 saturated heterocycles. The molecule has 0 spiro atoms. The molecule has 0 bridgehead atoms. The maximum Gasteiger partial charge on any atom is 0.248 e. The summed E-state index contributed by atoms with van der Waals surface area (Å²) in [5.74, 6) is 2.84. The SMILES string of the molecule is C#Cc1cccc(Nc2c(C#N)cnc3cc(OC4CCOC4)c(NC(=O)C=CCN(CC)CC)cc23)c1. The van der Waals surface area contributed by atoms with Gasteiger partial charge in [0.05, 0.1) is 35.7 Å². The van der Waals surface area contributed by atoms with Crippen molar-refractivity contribution in [1.29, 1.82) is 5.26 Å². The zero-order chi connectivity index (χ0) is 26.9. The van der Waals surface area contributed by atoms with Crippen molar-refractivity contribution in [1.82, 2.24) is 9.88 Å². The molecule has 8 nitrogen and oxygen atoms in total. The van der Waals surface area contributed by atoms with E-state index in [4.69, 9.17) is 15.9 Å². The molecule has 8 heteroatoms. The highest BCUT2D eigenvalue weighted by Crippen LogP contribution is 2.37. The van der Waals surface area contributed by atoms with Crippen molar-refractivity contribution in [2.75, 3.05) is 43.5 Å². The Bertz CT molecular complexity index is 1410. The quantitative estimate of drug-likeness (QED) is 0.298. The first kappa shape index (κ1) is 26.7. The van der Waals surface area contributed by atoms with Crippen molar-refractivity contribution >= 4 is 33.9 Å². The lowest BCUT2D eigenvalue weighted by atomic mass is 10.1. The maximum atomic E-state index is 12.9. The van der Waals surface area contributed by atoms with Crippen molar-refractivity contribution in [2.24, 2.45) is 0 Å². The molecule has 0 radical (unpaired) electrons. The van der Waals surface area contributed by atoms with Crippen LogP contribution in [0.4, 0.5) is 17.1 Å². The minimum absolute atomic E-state index is 0.121. The Morgan fingerprint density at radius 3 is 2.87 bits per heavy atom. The molecule has 0 aliphatic carbocycles. The van der Waals surface area contributed by atoms with Crippen LogP contribution in [0.2, 0.25) is 0 Å². The zero-order valence-electron chi connectivity index (χ0n) is 21.7. The van der Waals surface area contributed by atoms with E-state index in [2.05, 4.69) is 46.4 Å². The lowest BCUT2D eigenvalue weighted by molar-refractivity contribution is -0.111. The number of terminal acetylenes is 1. The summed E-state index contributed by atoms with van der Waals surface area (Å²) >= 11 is 0. The largest absolute Gasteiger partial charge is 0.486 e. The van der Waals surface area contributed by atoms with Gasteiger partial charge >= 0.3 is 0 Å². The summed E-state index contributed by atoms with van der Waals surface area (Å²) in [6, 6.07) is 13.2. The number of hydrogen-bond acceptors (Lipinski definition) is 7. The number of nitrogens with one attached hydrogen (secondary N) is 2. The van der Waals surface area contributed by atoms with Crippen LogP contribution in [0.3, 0.4) is 0 Å². The van der Waals surface area contributed by atoms with Crippen LogP contribution in [-0.4, -0.2) is 54.7 Å². The predicted molar refractivity (Wildman–Crippen MR) is 150 cm³/mol. The number of likely N-dealkylation sites (N-methyl/N-ethyl adjacent to an activating group) is 1. The minimum Gasteiger partial charge on any atom is -0.486 e. The van der Waals surface area contributed by atoms with Crippen molar-refractivity contribution in [2.45, 2.75) is 26.4 Å². The summed E-state index contributed by atoms with van der Waals surface area (Å²) in [5.41, 5.74) is 3.47. The fraction of sp³-hybridized carbons (Fsp3) is 0.300. The standard InChI is InChI=1S/C30H31N5O3/c1-4-21-9-7-10-23(15-21)33-30-22(18-31)19-32-26-17-28(38-24-12-14-37-20-24)27(16-25(26)30)34-29(36)11-8-13-35(5-2)6-3/h1,7-11,15-17,19,24H,5-6,12-14,20H2,2-3H3,(H,32,33)(H,34,36). The van der Waals surface area contributed by atoms with E-state index in [1.54, 1.807) is 12.1 Å². The fourth-order valence-corrected chi connectivity index (χ4v) is 4.22. The van der Waals surface area contributed by atoms with Gasteiger partial charge in [0.1, 0.15) is 17.9 Å². The van der Waals surface area contributed by atoms with Crippen molar-refractivity contribution in [3.8, 4) is 24.2 Å². The Hall–Kier alpha value is -4.37. The first-order valence-corrected chi connectivity index (χ1v) is 12.7. The number of fused-ring (bicyclic) bond motifs is 1. The number of benzene rings is 2. The van der Waals surface area contributed by atoms with E-state index < -0.39 is 0 Å². The molecule has 38 heavy (non-hydrogen) atoms. The fourth-order valence-electron chi connectivity index (χ4n) is 4.22. The van der Waals surface area contributed by atoms with Gasteiger partial charge in [-0.3, -0.25) is 9.78 Å². The number of carbonyl (C=O) groups excluding carboxylic acids is 1. The number of anilines is 3. The molecule has 1 unspecified atom stereocenters. The highest BCUT2D eigenvalue weighted by Gasteiger charge is 2.21. The average molecular weight is 510 g/mol. The molecule has 2 heterocycles. The molecule has 2 N–H and O–H groups in total. The normalized spacial score (nSPS) is 14.9. The first-order valence-electron chi connectivity index (χ1n) is 12.7. The molecule has 1 atom stereocenters. The number of pyridine rings is 1. The average Bonchev–Trinajstić information content (AvgIpc) is 3.45. The minimum atomic E-state index is -0.273. The molecular formula is C30H31N5O3. The second-order valence-corrected chi connectivity index (χ2v) is 8.86. The van der Waals surface area contributed by atoms with Crippen LogP contribution < -0.4 is 15.4 Å². The number of carbonyl (C=O) groups is 1. The van der Waals surface area contributed by atoms with Crippen molar-refractivity contribution in [3.05, 3.63) is 65.9 Å². The monoisotopic (exact) mass is 509 g/mol. The smallest absolute Gasteiger partial charge is 0.248 e. The van der Waals surface area contributed by atoms with E-state index in [1.807, 2.05) is 30.3 Å². The van der Waals surface area contributed by atoms with Gasteiger partial charge in [0, 0.05) is 47.9 Å². The van der Waals surface area contributed by atoms with Crippen molar-refractivity contribution < 1.29 is 14.3 Å². The summed E-state index contributed by atoms with van der Waals surface area (Å²) in [6.45, 7) is 7.77. The van der Waals surface area contributed by atoms with Crippen LogP contribution in [0.15, 0.2) is 54.7 Å². The van der Waals surface area contributed by atoms with E-state index in [0.29, 0.717) is 58.9 Å². The van der Waals surface area contributed by atoms with E-state index in [0.717, 1.165) is 25.2 Å². The Morgan fingerprint density at radius 1 is 1.32 bits per heavy atom. The van der Waals surface area contributed by atoms with Gasteiger partial charge in [-0.2, -0.15) is 5.26 Å². The maximum absolute atomic E-state index is 12.9. The highest BCUT2D eigenvalue weighted by molar-refractivity contribution is 6.04. The summed E-state index contributed by atoms with van der Waals surface area (Å²) in [4.78, 5) is 19.6. The predicted octanol–water partition coefficient (Wildman–Crippen LogP) is 4.84. The Morgan fingerprint density at radius 2 is 2.16 bits per heavy atom. The Kier molecular flexibility index (Phi) is 8.94. The molecule has 2 aromatic carbocycles. The third kappa shape index (κ3) is 6.49. The number of ether oxygens (including phenoxy) is 2. The summed E-state index contributed by atoms with van der Waals surface area (Å²) in [7, 11) is 0.